The van der Waals surface area contributed by atoms with E-state index < -0.39 is 39.9 Å². The van der Waals surface area contributed by atoms with Gasteiger partial charge in [0.25, 0.3) is 22.0 Å². The number of aromatic nitrogens is 8. The van der Waals surface area contributed by atoms with Gasteiger partial charge in [-0.3, -0.25) is 39.2 Å². The molecule has 4 aromatic heterocycles. The van der Waals surface area contributed by atoms with E-state index in [1.807, 2.05) is 13.8 Å². The summed E-state index contributed by atoms with van der Waals surface area (Å²) in [5.41, 5.74) is 15.0. The molecule has 390 valence electrons. The maximum Gasteiger partial charge on any atom is 0.407 e. The van der Waals surface area contributed by atoms with Crippen molar-refractivity contribution in [2.24, 2.45) is 17.4 Å². The van der Waals surface area contributed by atoms with Gasteiger partial charge in [-0.2, -0.15) is 27.2 Å². The van der Waals surface area contributed by atoms with Crippen LogP contribution in [0.4, 0.5) is 16.7 Å². The number of benzene rings is 2. The molecule has 8 rings (SSSR count). The summed E-state index contributed by atoms with van der Waals surface area (Å²) in [7, 11) is -2.34. The molecule has 0 unspecified atom stereocenters. The lowest BCUT2D eigenvalue weighted by molar-refractivity contribution is 0.0991. The number of anilines is 2. The van der Waals surface area contributed by atoms with Crippen molar-refractivity contribution in [3.05, 3.63) is 82.5 Å². The molecule has 2 saturated heterocycles. The summed E-state index contributed by atoms with van der Waals surface area (Å²) in [6.45, 7) is 9.03. The van der Waals surface area contributed by atoms with E-state index in [-0.39, 0.29) is 111 Å². The lowest BCUT2D eigenvalue weighted by atomic mass is 9.99. The lowest BCUT2D eigenvalue weighted by Crippen LogP contribution is -2.55. The van der Waals surface area contributed by atoms with Crippen molar-refractivity contribution in [1.82, 2.24) is 52.2 Å². The highest BCUT2D eigenvalue weighted by molar-refractivity contribution is 7.86. The van der Waals surface area contributed by atoms with E-state index in [4.69, 9.17) is 25.9 Å². The number of imidazole rings is 2. The molecule has 0 radical (unpaired) electrons. The first kappa shape index (κ1) is 52.1. The van der Waals surface area contributed by atoms with Gasteiger partial charge >= 0.3 is 6.09 Å². The number of piperidine rings is 1. The molecule has 5 amide bonds. The van der Waals surface area contributed by atoms with Crippen molar-refractivity contribution in [3.8, 4) is 23.3 Å². The van der Waals surface area contributed by atoms with E-state index in [2.05, 4.69) is 37.7 Å². The van der Waals surface area contributed by atoms with Crippen molar-refractivity contribution in [3.63, 3.8) is 0 Å². The number of carbonyl (C=O) groups is 5. The number of carbonyl (C=O) groups excluding carboxylic acids is 4. The number of fused-ring (bicyclic) bond motifs is 2. The minimum atomic E-state index is -3.78. The number of piperazine rings is 1. The number of nitrogens with two attached hydrogens (primary N) is 2. The topological polar surface area (TPSA) is 315 Å². The number of hydrogen-bond donors (Lipinski definition) is 5. The second-order valence-electron chi connectivity index (χ2n) is 17.5. The van der Waals surface area contributed by atoms with Crippen LogP contribution in [0.25, 0.3) is 22.1 Å². The van der Waals surface area contributed by atoms with Gasteiger partial charge < -0.3 is 40.1 Å². The Morgan fingerprint density at radius 1 is 0.730 bits per heavy atom. The Bertz CT molecular complexity index is 3380. The van der Waals surface area contributed by atoms with Crippen LogP contribution >= 0.6 is 0 Å². The molecule has 0 spiro atoms. The number of amides is 5. The Morgan fingerprint density at radius 3 is 1.66 bits per heavy atom. The standard InChI is InChI=1S/C48H57N15O10S/c1-6-62-36(23-29(3)55-62)44(66)53-46-51-34-25-32(42(49)64)27-38(72-5)40(34)60(46)14-8-9-15-61-41-35(52-47(61)54-45(67)37-24-30(4)56-63(37)7-2)26-33(43(50)65)28-39(41)73-22-10-11-31-12-16-58(17-13-31)74(70,71)59-20-18-57(19-21-59)48(68)69/h8-9,23-28,31H,6-7,12-22H2,1-5H3,(H2,49,64)(H2,50,65)(H,68,69)(H,51,53,66)(H,52,54,67). The van der Waals surface area contributed by atoms with Gasteiger partial charge in [-0.1, -0.05) is 24.0 Å². The van der Waals surface area contributed by atoms with Gasteiger partial charge in [0.2, 0.25) is 23.7 Å². The zero-order valence-electron chi connectivity index (χ0n) is 41.5. The zero-order valence-corrected chi connectivity index (χ0v) is 42.3. The molecule has 0 aliphatic carbocycles. The molecule has 0 atom stereocenters. The summed E-state index contributed by atoms with van der Waals surface area (Å²) in [5, 5.41) is 23.9. The second kappa shape index (κ2) is 21.8. The van der Waals surface area contributed by atoms with Gasteiger partial charge in [0.15, 0.2) is 0 Å². The number of nitrogens with one attached hydrogen (secondary N) is 2. The Kier molecular flexibility index (Phi) is 15.4. The SMILES string of the molecule is CCn1nc(C)cc1C(=O)Nc1nc2cc(C(N)=O)cc(OC)c2n1CC=CCn1c(NC(=O)c2cc(C)nn2CC)nc2cc(C(N)=O)cc(OCC#CC3CCN(S(=O)(=O)N4CCN(C(=O)O)CC4)CC3)c21. The predicted molar refractivity (Wildman–Crippen MR) is 271 cm³/mol. The van der Waals surface area contributed by atoms with Crippen LogP contribution in [0.1, 0.15) is 79.8 Å². The van der Waals surface area contributed by atoms with Crippen LogP contribution in [0.15, 0.2) is 48.6 Å². The van der Waals surface area contributed by atoms with Gasteiger partial charge in [-0.05, 0) is 76.9 Å². The maximum atomic E-state index is 13.9. The van der Waals surface area contributed by atoms with Gasteiger partial charge in [0.05, 0.1) is 29.5 Å². The molecule has 25 nitrogen and oxygen atoms in total. The Morgan fingerprint density at radius 2 is 1.20 bits per heavy atom. The number of hydrogen-bond acceptors (Lipinski definition) is 13. The number of primary amides is 2. The highest BCUT2D eigenvalue weighted by atomic mass is 32.2. The third-order valence-corrected chi connectivity index (χ3v) is 14.7. The summed E-state index contributed by atoms with van der Waals surface area (Å²) >= 11 is 0. The Hall–Kier alpha value is -8.28. The number of rotatable bonds is 17. The summed E-state index contributed by atoms with van der Waals surface area (Å²) in [5.74, 6) is 4.40. The third-order valence-electron chi connectivity index (χ3n) is 12.7. The van der Waals surface area contributed by atoms with Crippen molar-refractivity contribution in [1.29, 1.82) is 0 Å². The molecule has 0 saturated carbocycles. The fourth-order valence-corrected chi connectivity index (χ4v) is 10.6. The maximum absolute atomic E-state index is 13.9. The van der Waals surface area contributed by atoms with Crippen LogP contribution in [0.5, 0.6) is 11.5 Å². The molecule has 2 aliphatic heterocycles. The average Bonchev–Trinajstić information content (AvgIpc) is 4.15. The molecule has 6 heterocycles. The smallest absolute Gasteiger partial charge is 0.407 e. The first-order chi connectivity index (χ1) is 35.4. The summed E-state index contributed by atoms with van der Waals surface area (Å²) < 4.78 is 48.0. The van der Waals surface area contributed by atoms with Crippen molar-refractivity contribution in [2.45, 2.75) is 66.7 Å². The summed E-state index contributed by atoms with van der Waals surface area (Å²) in [6, 6.07) is 9.28. The van der Waals surface area contributed by atoms with Crippen LogP contribution in [0, 0.1) is 31.6 Å². The summed E-state index contributed by atoms with van der Waals surface area (Å²) in [6.07, 6.45) is 3.45. The van der Waals surface area contributed by atoms with Crippen molar-refractivity contribution >= 4 is 73.9 Å². The minimum Gasteiger partial charge on any atom is -0.494 e. The number of nitrogens with zero attached hydrogens (tertiary/aromatic N) is 11. The molecule has 74 heavy (non-hydrogen) atoms. The average molecular weight is 1040 g/mol. The van der Waals surface area contributed by atoms with Crippen LogP contribution < -0.4 is 31.6 Å². The minimum absolute atomic E-state index is 0.0686. The molecule has 26 heteroatoms. The normalized spacial score (nSPS) is 14.9. The number of methoxy groups -OCH3 is 1. The number of aryl methyl sites for hydroxylation is 4. The zero-order chi connectivity index (χ0) is 53.0. The first-order valence-electron chi connectivity index (χ1n) is 23.8. The first-order valence-corrected chi connectivity index (χ1v) is 25.2. The quantitative estimate of drug-likeness (QED) is 0.0648. The largest absolute Gasteiger partial charge is 0.494 e. The van der Waals surface area contributed by atoms with Crippen LogP contribution in [0.2, 0.25) is 0 Å². The lowest BCUT2D eigenvalue weighted by Gasteiger charge is -2.37. The van der Waals surface area contributed by atoms with E-state index in [1.54, 1.807) is 56.6 Å². The predicted octanol–water partition coefficient (Wildman–Crippen LogP) is 3.04. The van der Waals surface area contributed by atoms with Gasteiger partial charge in [0.1, 0.15) is 40.5 Å². The fraction of sp³-hybridized carbons (Fsp3) is 0.396. The van der Waals surface area contributed by atoms with Crippen LogP contribution in [-0.2, 0) is 36.4 Å². The van der Waals surface area contributed by atoms with Crippen LogP contribution in [0.3, 0.4) is 0 Å². The highest BCUT2D eigenvalue weighted by Crippen LogP contribution is 2.33. The molecule has 2 fully saturated rings. The van der Waals surface area contributed by atoms with Gasteiger partial charge in [0, 0.05) is 82.5 Å². The molecule has 6 aromatic rings. The molecular weight excluding hydrogens is 979 g/mol. The molecule has 0 bridgehead atoms. The molecule has 2 aromatic carbocycles. The molecule has 7 N–H and O–H groups in total. The number of allylic oxidation sites excluding steroid dienone is 2. The molecular formula is C48H57N15O10S. The van der Waals surface area contributed by atoms with Crippen molar-refractivity contribution in [2.75, 3.05) is 63.6 Å². The number of ether oxygens (including phenoxy) is 2. The Labute approximate surface area is 425 Å². The number of carboxylic acid groups (broad SMARTS) is 1. The van der Waals surface area contributed by atoms with Gasteiger partial charge in [-0.15, -0.1) is 0 Å². The summed E-state index contributed by atoms with van der Waals surface area (Å²) in [4.78, 5) is 74.7. The highest BCUT2D eigenvalue weighted by Gasteiger charge is 2.35. The van der Waals surface area contributed by atoms with Gasteiger partial charge in [-0.25, -0.2) is 14.8 Å². The van der Waals surface area contributed by atoms with E-state index in [0.29, 0.717) is 59.6 Å². The second-order valence-corrected chi connectivity index (χ2v) is 19.5. The van der Waals surface area contributed by atoms with Crippen molar-refractivity contribution < 1.29 is 47.0 Å². The fourth-order valence-electron chi connectivity index (χ4n) is 8.99. The Balaban J connectivity index is 1.08. The monoisotopic (exact) mass is 1040 g/mol. The third kappa shape index (κ3) is 10.9. The van der Waals surface area contributed by atoms with E-state index in [9.17, 15) is 37.5 Å². The van der Waals surface area contributed by atoms with E-state index in [1.165, 1.54) is 44.9 Å². The van der Waals surface area contributed by atoms with E-state index in [0.717, 1.165) is 0 Å². The van der Waals surface area contributed by atoms with Crippen LogP contribution in [-0.4, -0.2) is 148 Å². The van der Waals surface area contributed by atoms with E-state index >= 15 is 0 Å². The molecule has 2 aliphatic rings.